The minimum absolute atomic E-state index is 0.114. The molecule has 1 aromatic heterocycles. The van der Waals surface area contributed by atoms with Gasteiger partial charge in [-0.25, -0.2) is 4.68 Å². The van der Waals surface area contributed by atoms with E-state index in [9.17, 15) is 4.79 Å². The van der Waals surface area contributed by atoms with Crippen LogP contribution < -0.4 is 5.32 Å². The highest BCUT2D eigenvalue weighted by Gasteiger charge is 2.21. The predicted octanol–water partition coefficient (Wildman–Crippen LogP) is 5.16. The number of hydrogen-bond acceptors (Lipinski definition) is 3. The van der Waals surface area contributed by atoms with Crippen LogP contribution in [-0.2, 0) is 17.9 Å². The summed E-state index contributed by atoms with van der Waals surface area (Å²) < 4.78 is 7.61. The first-order valence-corrected chi connectivity index (χ1v) is 10.5. The summed E-state index contributed by atoms with van der Waals surface area (Å²) in [5.41, 5.74) is 5.82. The van der Waals surface area contributed by atoms with Crippen LogP contribution in [0.4, 0.5) is 0 Å². The van der Waals surface area contributed by atoms with Gasteiger partial charge in [0.25, 0.3) is 5.91 Å². The molecule has 0 aliphatic heterocycles. The minimum Gasteiger partial charge on any atom is -0.374 e. The summed E-state index contributed by atoms with van der Waals surface area (Å²) in [6.45, 7) is 11.2. The van der Waals surface area contributed by atoms with Crippen molar-refractivity contribution in [2.45, 2.75) is 59.8 Å². The van der Waals surface area contributed by atoms with Crippen LogP contribution in [0.3, 0.4) is 0 Å². The van der Waals surface area contributed by atoms with Crippen molar-refractivity contribution in [3.05, 3.63) is 82.7 Å². The molecule has 0 spiro atoms. The maximum absolute atomic E-state index is 13.0. The van der Waals surface area contributed by atoms with E-state index in [4.69, 9.17) is 4.74 Å². The lowest BCUT2D eigenvalue weighted by Gasteiger charge is -2.15. The van der Waals surface area contributed by atoms with Gasteiger partial charge in [-0.05, 0) is 49.9 Å². The summed E-state index contributed by atoms with van der Waals surface area (Å²) in [7, 11) is 0. The Kier molecular flexibility index (Phi) is 7.06. The smallest absolute Gasteiger partial charge is 0.255 e. The van der Waals surface area contributed by atoms with Crippen LogP contribution >= 0.6 is 0 Å². The molecule has 0 atom stereocenters. The summed E-state index contributed by atoms with van der Waals surface area (Å²) >= 11 is 0. The molecule has 5 heteroatoms. The first kappa shape index (κ1) is 21.8. The Hall–Kier alpha value is -2.92. The van der Waals surface area contributed by atoms with Gasteiger partial charge in [0.1, 0.15) is 0 Å². The Morgan fingerprint density at radius 3 is 2.33 bits per heavy atom. The molecule has 0 fully saturated rings. The summed E-state index contributed by atoms with van der Waals surface area (Å²) in [4.78, 5) is 13.0. The standard InChI is InChI=1S/C25H31N3O2/c1-17(2)24-23(15-27-28(24)22-12-10-19(5)11-13-22)25(29)26-14-20-8-6-7-9-21(20)16-30-18(3)4/h6-13,15,17-18H,14,16H2,1-5H3,(H,26,29). The summed E-state index contributed by atoms with van der Waals surface area (Å²) in [6.07, 6.45) is 1.83. The molecule has 0 saturated carbocycles. The Labute approximate surface area is 179 Å². The molecule has 3 rings (SSSR count). The van der Waals surface area contributed by atoms with Crippen molar-refractivity contribution in [2.75, 3.05) is 0 Å². The van der Waals surface area contributed by atoms with Crippen molar-refractivity contribution < 1.29 is 9.53 Å². The van der Waals surface area contributed by atoms with Crippen LogP contribution in [0.1, 0.15) is 66.4 Å². The lowest BCUT2D eigenvalue weighted by atomic mass is 10.0. The molecule has 158 valence electrons. The van der Waals surface area contributed by atoms with E-state index in [1.54, 1.807) is 6.20 Å². The molecule has 30 heavy (non-hydrogen) atoms. The van der Waals surface area contributed by atoms with E-state index >= 15 is 0 Å². The maximum atomic E-state index is 13.0. The third-order valence-electron chi connectivity index (χ3n) is 5.01. The van der Waals surface area contributed by atoms with Gasteiger partial charge in [-0.2, -0.15) is 5.10 Å². The van der Waals surface area contributed by atoms with E-state index in [0.29, 0.717) is 18.7 Å². The van der Waals surface area contributed by atoms with Crippen molar-refractivity contribution in [1.82, 2.24) is 15.1 Å². The number of nitrogens with zero attached hydrogens (tertiary/aromatic N) is 2. The monoisotopic (exact) mass is 405 g/mol. The largest absolute Gasteiger partial charge is 0.374 e. The second kappa shape index (κ2) is 9.72. The molecule has 0 bridgehead atoms. The average Bonchev–Trinajstić information content (AvgIpc) is 3.17. The number of carbonyl (C=O) groups excluding carboxylic acids is 1. The number of carbonyl (C=O) groups is 1. The fraction of sp³-hybridized carbons (Fsp3) is 0.360. The number of aromatic nitrogens is 2. The fourth-order valence-corrected chi connectivity index (χ4v) is 3.38. The van der Waals surface area contributed by atoms with Gasteiger partial charge in [0.15, 0.2) is 0 Å². The lowest BCUT2D eigenvalue weighted by molar-refractivity contribution is 0.0651. The molecule has 1 N–H and O–H groups in total. The normalized spacial score (nSPS) is 11.3. The van der Waals surface area contributed by atoms with Gasteiger partial charge in [-0.15, -0.1) is 0 Å². The number of amides is 1. The molecule has 0 aliphatic rings. The molecule has 1 amide bonds. The molecule has 3 aromatic rings. The topological polar surface area (TPSA) is 56.2 Å². The van der Waals surface area contributed by atoms with E-state index in [1.165, 1.54) is 5.56 Å². The van der Waals surface area contributed by atoms with Crippen LogP contribution in [0.15, 0.2) is 54.7 Å². The Bertz CT molecular complexity index is 988. The number of ether oxygens (including phenoxy) is 1. The van der Waals surface area contributed by atoms with Crippen LogP contribution in [-0.4, -0.2) is 21.8 Å². The van der Waals surface area contributed by atoms with E-state index < -0.39 is 0 Å². The first-order valence-electron chi connectivity index (χ1n) is 10.5. The van der Waals surface area contributed by atoms with Crippen molar-refractivity contribution in [1.29, 1.82) is 0 Å². The molecule has 2 aromatic carbocycles. The average molecular weight is 406 g/mol. The SMILES string of the molecule is Cc1ccc(-n2ncc(C(=O)NCc3ccccc3COC(C)C)c2C(C)C)cc1. The maximum Gasteiger partial charge on any atom is 0.255 e. The summed E-state index contributed by atoms with van der Waals surface area (Å²) in [5, 5.41) is 7.58. The quantitative estimate of drug-likeness (QED) is 0.563. The fourth-order valence-electron chi connectivity index (χ4n) is 3.38. The zero-order valence-electron chi connectivity index (χ0n) is 18.5. The minimum atomic E-state index is -0.114. The Morgan fingerprint density at radius 1 is 1.03 bits per heavy atom. The number of benzene rings is 2. The molecule has 0 radical (unpaired) electrons. The highest BCUT2D eigenvalue weighted by molar-refractivity contribution is 5.95. The molecule has 0 unspecified atom stereocenters. The third kappa shape index (κ3) is 5.16. The van der Waals surface area contributed by atoms with E-state index in [1.807, 2.05) is 54.9 Å². The van der Waals surface area contributed by atoms with E-state index in [0.717, 1.165) is 22.5 Å². The van der Waals surface area contributed by atoms with Gasteiger partial charge in [0.2, 0.25) is 0 Å². The summed E-state index contributed by atoms with van der Waals surface area (Å²) in [5.74, 6) is 0.0397. The molecular formula is C25H31N3O2. The Balaban J connectivity index is 1.79. The number of rotatable bonds is 8. The van der Waals surface area contributed by atoms with Gasteiger partial charge in [-0.1, -0.05) is 55.8 Å². The van der Waals surface area contributed by atoms with Gasteiger partial charge < -0.3 is 10.1 Å². The van der Waals surface area contributed by atoms with Crippen LogP contribution in [0.2, 0.25) is 0 Å². The van der Waals surface area contributed by atoms with Crippen molar-refractivity contribution in [2.24, 2.45) is 0 Å². The van der Waals surface area contributed by atoms with Crippen molar-refractivity contribution in [3.63, 3.8) is 0 Å². The molecular weight excluding hydrogens is 374 g/mol. The van der Waals surface area contributed by atoms with Gasteiger partial charge in [0, 0.05) is 6.54 Å². The van der Waals surface area contributed by atoms with E-state index in [2.05, 4.69) is 43.3 Å². The van der Waals surface area contributed by atoms with Crippen molar-refractivity contribution in [3.8, 4) is 5.69 Å². The van der Waals surface area contributed by atoms with Crippen LogP contribution in [0, 0.1) is 6.92 Å². The molecule has 5 nitrogen and oxygen atoms in total. The summed E-state index contributed by atoms with van der Waals surface area (Å²) in [6, 6.07) is 16.2. The van der Waals surface area contributed by atoms with Gasteiger partial charge in [0.05, 0.1) is 35.9 Å². The Morgan fingerprint density at radius 2 is 1.70 bits per heavy atom. The highest BCUT2D eigenvalue weighted by atomic mass is 16.5. The van der Waals surface area contributed by atoms with Gasteiger partial charge >= 0.3 is 0 Å². The number of hydrogen-bond donors (Lipinski definition) is 1. The zero-order valence-corrected chi connectivity index (χ0v) is 18.5. The second-order valence-corrected chi connectivity index (χ2v) is 8.16. The van der Waals surface area contributed by atoms with Gasteiger partial charge in [-0.3, -0.25) is 4.79 Å². The molecule has 1 heterocycles. The molecule has 0 aliphatic carbocycles. The zero-order chi connectivity index (χ0) is 21.7. The van der Waals surface area contributed by atoms with E-state index in [-0.39, 0.29) is 17.9 Å². The van der Waals surface area contributed by atoms with Crippen molar-refractivity contribution >= 4 is 5.91 Å². The lowest BCUT2D eigenvalue weighted by Crippen LogP contribution is -2.25. The third-order valence-corrected chi connectivity index (χ3v) is 5.01. The second-order valence-electron chi connectivity index (χ2n) is 8.16. The number of nitrogens with one attached hydrogen (secondary N) is 1. The van der Waals surface area contributed by atoms with Crippen LogP contribution in [0.5, 0.6) is 0 Å². The predicted molar refractivity (Wildman–Crippen MR) is 120 cm³/mol. The van der Waals surface area contributed by atoms with Crippen LogP contribution in [0.25, 0.3) is 5.69 Å². The molecule has 0 saturated heterocycles. The number of aryl methyl sites for hydroxylation is 1. The first-order chi connectivity index (χ1) is 14.4. The highest BCUT2D eigenvalue weighted by Crippen LogP contribution is 2.23.